The molecule has 6 heteroatoms. The van der Waals surface area contributed by atoms with Gasteiger partial charge in [0.05, 0.1) is 5.54 Å². The predicted molar refractivity (Wildman–Crippen MR) is 51.9 cm³/mol. The summed E-state index contributed by atoms with van der Waals surface area (Å²) in [4.78, 5) is 11.7. The monoisotopic (exact) mass is 239 g/mol. The largest absolute Gasteiger partial charge is 0.389 e. The molecule has 1 aliphatic rings. The fourth-order valence-electron chi connectivity index (χ4n) is 1.71. The van der Waals surface area contributed by atoms with Crippen molar-refractivity contribution >= 4 is 5.78 Å². The van der Waals surface area contributed by atoms with Gasteiger partial charge in [0.15, 0.2) is 5.78 Å². The van der Waals surface area contributed by atoms with Crippen molar-refractivity contribution in [2.45, 2.75) is 43.8 Å². The van der Waals surface area contributed by atoms with Crippen molar-refractivity contribution in [3.8, 4) is 0 Å². The van der Waals surface area contributed by atoms with Gasteiger partial charge in [-0.05, 0) is 19.3 Å². The van der Waals surface area contributed by atoms with E-state index in [4.69, 9.17) is 10.5 Å². The van der Waals surface area contributed by atoms with Crippen molar-refractivity contribution in [1.82, 2.24) is 0 Å². The summed E-state index contributed by atoms with van der Waals surface area (Å²) in [5.41, 5.74) is 4.87. The van der Waals surface area contributed by atoms with Crippen LogP contribution in [-0.4, -0.2) is 30.7 Å². The molecule has 0 unspecified atom stereocenters. The lowest BCUT2D eigenvalue weighted by molar-refractivity contribution is -0.138. The van der Waals surface area contributed by atoms with Crippen molar-refractivity contribution in [3.05, 3.63) is 0 Å². The average Bonchev–Trinajstić information content (AvgIpc) is 2.16. The molecular weight excluding hydrogens is 223 g/mol. The Balaban J connectivity index is 2.34. The molecule has 1 saturated heterocycles. The number of alkyl halides is 3. The Morgan fingerprint density at radius 2 is 1.88 bits per heavy atom. The van der Waals surface area contributed by atoms with E-state index in [1.165, 1.54) is 0 Å². The molecule has 94 valence electrons. The van der Waals surface area contributed by atoms with Gasteiger partial charge in [-0.1, -0.05) is 0 Å². The molecule has 0 aromatic carbocycles. The zero-order valence-corrected chi connectivity index (χ0v) is 8.98. The first-order chi connectivity index (χ1) is 7.33. The topological polar surface area (TPSA) is 52.3 Å². The minimum atomic E-state index is -4.20. The van der Waals surface area contributed by atoms with Crippen molar-refractivity contribution in [3.63, 3.8) is 0 Å². The highest BCUT2D eigenvalue weighted by molar-refractivity contribution is 5.88. The summed E-state index contributed by atoms with van der Waals surface area (Å²) in [6, 6.07) is 0. The first-order valence-electron chi connectivity index (χ1n) is 5.30. The maximum absolute atomic E-state index is 11.9. The van der Waals surface area contributed by atoms with Gasteiger partial charge < -0.3 is 10.5 Å². The highest BCUT2D eigenvalue weighted by atomic mass is 19.4. The Labute approximate surface area is 92.1 Å². The smallest absolute Gasteiger partial charge is 0.381 e. The number of carbonyl (C=O) groups excluding carboxylic acids is 1. The van der Waals surface area contributed by atoms with Crippen molar-refractivity contribution in [2.75, 3.05) is 13.2 Å². The zero-order valence-electron chi connectivity index (χ0n) is 8.98. The van der Waals surface area contributed by atoms with Crippen LogP contribution >= 0.6 is 0 Å². The van der Waals surface area contributed by atoms with E-state index in [0.29, 0.717) is 26.1 Å². The summed E-state index contributed by atoms with van der Waals surface area (Å²) < 4.78 is 40.7. The van der Waals surface area contributed by atoms with Crippen LogP contribution < -0.4 is 5.73 Å². The van der Waals surface area contributed by atoms with E-state index in [1.807, 2.05) is 0 Å². The fourth-order valence-corrected chi connectivity index (χ4v) is 1.71. The van der Waals surface area contributed by atoms with Crippen LogP contribution in [0.3, 0.4) is 0 Å². The first-order valence-corrected chi connectivity index (χ1v) is 5.30. The molecule has 1 rings (SSSR count). The van der Waals surface area contributed by atoms with E-state index in [9.17, 15) is 18.0 Å². The molecule has 1 aliphatic heterocycles. The molecule has 1 heterocycles. The molecule has 0 atom stereocenters. The normalized spacial score (nSPS) is 20.8. The van der Waals surface area contributed by atoms with Gasteiger partial charge in [-0.25, -0.2) is 0 Å². The number of hydrogen-bond acceptors (Lipinski definition) is 3. The van der Waals surface area contributed by atoms with Crippen molar-refractivity contribution in [2.24, 2.45) is 5.73 Å². The number of ketones is 1. The number of rotatable bonds is 4. The Kier molecular flexibility index (Phi) is 4.32. The van der Waals surface area contributed by atoms with Crippen LogP contribution in [0.15, 0.2) is 0 Å². The number of nitrogens with two attached hydrogens (primary N) is 1. The molecular formula is C10H16F3NO2. The van der Waals surface area contributed by atoms with Gasteiger partial charge in [0, 0.05) is 26.1 Å². The van der Waals surface area contributed by atoms with Crippen LogP contribution in [0.2, 0.25) is 0 Å². The van der Waals surface area contributed by atoms with Gasteiger partial charge >= 0.3 is 6.18 Å². The Bertz CT molecular complexity index is 247. The van der Waals surface area contributed by atoms with Gasteiger partial charge in [-0.2, -0.15) is 13.2 Å². The minimum Gasteiger partial charge on any atom is -0.381 e. The second-order valence-corrected chi connectivity index (χ2v) is 4.16. The number of halogens is 3. The lowest BCUT2D eigenvalue weighted by Gasteiger charge is -2.31. The third kappa shape index (κ3) is 4.09. The average molecular weight is 239 g/mol. The van der Waals surface area contributed by atoms with E-state index >= 15 is 0 Å². The highest BCUT2D eigenvalue weighted by Crippen LogP contribution is 2.25. The van der Waals surface area contributed by atoms with Gasteiger partial charge in [0.25, 0.3) is 0 Å². The maximum atomic E-state index is 11.9. The van der Waals surface area contributed by atoms with Crippen LogP contribution in [0.4, 0.5) is 13.2 Å². The molecule has 0 spiro atoms. The van der Waals surface area contributed by atoms with Gasteiger partial charge in [0.2, 0.25) is 0 Å². The van der Waals surface area contributed by atoms with E-state index in [1.54, 1.807) is 0 Å². The Hall–Kier alpha value is -0.620. The van der Waals surface area contributed by atoms with Crippen LogP contribution in [-0.2, 0) is 9.53 Å². The van der Waals surface area contributed by atoms with Gasteiger partial charge in [-0.15, -0.1) is 0 Å². The van der Waals surface area contributed by atoms with Crippen molar-refractivity contribution in [1.29, 1.82) is 0 Å². The van der Waals surface area contributed by atoms with E-state index in [-0.39, 0.29) is 18.6 Å². The van der Waals surface area contributed by atoms with Crippen LogP contribution in [0, 0.1) is 0 Å². The second kappa shape index (κ2) is 5.14. The molecule has 0 bridgehead atoms. The maximum Gasteiger partial charge on any atom is 0.389 e. The third-order valence-corrected chi connectivity index (χ3v) is 2.80. The number of carbonyl (C=O) groups is 1. The first kappa shape index (κ1) is 13.4. The predicted octanol–water partition coefficient (Wildman–Crippen LogP) is 1.80. The molecule has 3 nitrogen and oxygen atoms in total. The molecule has 0 aromatic heterocycles. The highest BCUT2D eigenvalue weighted by Gasteiger charge is 2.36. The molecule has 0 aliphatic carbocycles. The summed E-state index contributed by atoms with van der Waals surface area (Å²) in [6.07, 6.45) is -4.60. The van der Waals surface area contributed by atoms with Crippen molar-refractivity contribution < 1.29 is 22.7 Å². The lowest BCUT2D eigenvalue weighted by atomic mass is 9.84. The molecule has 16 heavy (non-hydrogen) atoms. The van der Waals surface area contributed by atoms with Crippen LogP contribution in [0.1, 0.15) is 32.1 Å². The molecule has 0 saturated carbocycles. The van der Waals surface area contributed by atoms with E-state index in [2.05, 4.69) is 0 Å². The third-order valence-electron chi connectivity index (χ3n) is 2.80. The number of ether oxygens (including phenoxy) is 1. The van der Waals surface area contributed by atoms with Gasteiger partial charge in [-0.3, -0.25) is 4.79 Å². The van der Waals surface area contributed by atoms with Crippen LogP contribution in [0.25, 0.3) is 0 Å². The number of Topliss-reactive ketones (excluding diaryl/α,β-unsaturated/α-hetero) is 1. The minimum absolute atomic E-state index is 0.101. The molecule has 0 amide bonds. The lowest BCUT2D eigenvalue weighted by Crippen LogP contribution is -2.51. The standard InChI is InChI=1S/C10H16F3NO2/c11-10(12,13)3-1-2-8(15)9(14)4-6-16-7-5-9/h1-7,14H2. The summed E-state index contributed by atoms with van der Waals surface area (Å²) >= 11 is 0. The Morgan fingerprint density at radius 3 is 2.38 bits per heavy atom. The molecule has 1 fully saturated rings. The summed E-state index contributed by atoms with van der Waals surface area (Å²) in [5.74, 6) is -0.278. The Morgan fingerprint density at radius 1 is 1.31 bits per heavy atom. The summed E-state index contributed by atoms with van der Waals surface area (Å²) in [7, 11) is 0. The molecule has 2 N–H and O–H groups in total. The zero-order chi connectivity index (χ0) is 12.2. The van der Waals surface area contributed by atoms with E-state index in [0.717, 1.165) is 0 Å². The second-order valence-electron chi connectivity index (χ2n) is 4.16. The van der Waals surface area contributed by atoms with Crippen LogP contribution in [0.5, 0.6) is 0 Å². The summed E-state index contributed by atoms with van der Waals surface area (Å²) in [6.45, 7) is 0.809. The number of hydrogen-bond donors (Lipinski definition) is 1. The quantitative estimate of drug-likeness (QED) is 0.813. The van der Waals surface area contributed by atoms with E-state index < -0.39 is 18.1 Å². The SMILES string of the molecule is NC1(C(=O)CCCC(F)(F)F)CCOCC1. The summed E-state index contributed by atoms with van der Waals surface area (Å²) in [5, 5.41) is 0. The van der Waals surface area contributed by atoms with Gasteiger partial charge in [0.1, 0.15) is 0 Å². The fraction of sp³-hybridized carbons (Fsp3) is 0.900. The molecule has 0 aromatic rings. The molecule has 0 radical (unpaired) electrons.